The molecule has 0 atom stereocenters. The smallest absolute Gasteiger partial charge is 0.227 e. The third-order valence-corrected chi connectivity index (χ3v) is 3.15. The van der Waals surface area contributed by atoms with E-state index in [0.29, 0.717) is 11.6 Å². The van der Waals surface area contributed by atoms with Gasteiger partial charge in [0, 0.05) is 12.1 Å². The molecule has 0 aliphatic heterocycles. The Morgan fingerprint density at radius 1 is 1.21 bits per heavy atom. The first kappa shape index (κ1) is 17.3. The number of hydrogen-bond donors (Lipinski definition) is 3. The molecule has 2 rings (SSSR count). The van der Waals surface area contributed by atoms with E-state index in [4.69, 9.17) is 10.5 Å². The van der Waals surface area contributed by atoms with Gasteiger partial charge in [-0.3, -0.25) is 9.79 Å². The second-order valence-electron chi connectivity index (χ2n) is 5.05. The summed E-state index contributed by atoms with van der Waals surface area (Å²) in [7, 11) is 1.58. The van der Waals surface area contributed by atoms with E-state index in [1.165, 1.54) is 0 Å². The van der Waals surface area contributed by atoms with Gasteiger partial charge in [0.1, 0.15) is 11.6 Å². The lowest BCUT2D eigenvalue weighted by molar-refractivity contribution is -0.116. The van der Waals surface area contributed by atoms with Crippen molar-refractivity contribution >= 4 is 23.4 Å². The molecule has 24 heavy (non-hydrogen) atoms. The number of para-hydroxylation sites is 2. The summed E-state index contributed by atoms with van der Waals surface area (Å²) in [5, 5.41) is 5.67. The second kappa shape index (κ2) is 8.52. The number of pyridine rings is 1. The molecule has 0 bridgehead atoms. The van der Waals surface area contributed by atoms with Crippen molar-refractivity contribution < 1.29 is 9.53 Å². The van der Waals surface area contributed by atoms with Gasteiger partial charge in [0.15, 0.2) is 5.96 Å². The van der Waals surface area contributed by atoms with E-state index < -0.39 is 0 Å². The predicted molar refractivity (Wildman–Crippen MR) is 95.3 cm³/mol. The highest BCUT2D eigenvalue weighted by Crippen LogP contribution is 2.22. The van der Waals surface area contributed by atoms with Crippen LogP contribution in [0.25, 0.3) is 0 Å². The molecule has 1 heterocycles. The highest BCUT2D eigenvalue weighted by atomic mass is 16.5. The van der Waals surface area contributed by atoms with Crippen LogP contribution in [0.4, 0.5) is 11.5 Å². The molecule has 7 nitrogen and oxygen atoms in total. The highest BCUT2D eigenvalue weighted by molar-refractivity contribution is 5.94. The third-order valence-electron chi connectivity index (χ3n) is 3.15. The van der Waals surface area contributed by atoms with Crippen LogP contribution in [-0.4, -0.2) is 30.5 Å². The summed E-state index contributed by atoms with van der Waals surface area (Å²) in [5.74, 6) is 1.26. The zero-order valence-electron chi connectivity index (χ0n) is 13.7. The van der Waals surface area contributed by atoms with Crippen LogP contribution < -0.4 is 21.1 Å². The minimum absolute atomic E-state index is 0.165. The fourth-order valence-electron chi connectivity index (χ4n) is 2.02. The molecule has 2 aromatic rings. The van der Waals surface area contributed by atoms with Gasteiger partial charge in [-0.15, -0.1) is 0 Å². The van der Waals surface area contributed by atoms with Crippen molar-refractivity contribution in [3.05, 3.63) is 48.2 Å². The van der Waals surface area contributed by atoms with E-state index in [2.05, 4.69) is 20.6 Å². The average Bonchev–Trinajstić information content (AvgIpc) is 2.55. The van der Waals surface area contributed by atoms with Crippen LogP contribution in [0.2, 0.25) is 0 Å². The average molecular weight is 327 g/mol. The number of carbonyl (C=O) groups is 1. The minimum Gasteiger partial charge on any atom is -0.495 e. The molecule has 0 saturated heterocycles. The van der Waals surface area contributed by atoms with E-state index in [-0.39, 0.29) is 24.8 Å². The molecule has 0 saturated carbocycles. The van der Waals surface area contributed by atoms with E-state index in [1.54, 1.807) is 13.2 Å². The van der Waals surface area contributed by atoms with Crippen molar-refractivity contribution in [2.75, 3.05) is 24.3 Å². The van der Waals surface area contributed by atoms with Crippen molar-refractivity contribution in [2.45, 2.75) is 13.3 Å². The Labute approximate surface area is 141 Å². The van der Waals surface area contributed by atoms with Crippen molar-refractivity contribution in [3.63, 3.8) is 0 Å². The van der Waals surface area contributed by atoms with Crippen LogP contribution in [-0.2, 0) is 4.79 Å². The molecule has 1 aromatic carbocycles. The molecule has 0 radical (unpaired) electrons. The minimum atomic E-state index is -0.165. The number of ether oxygens (including phenoxy) is 1. The van der Waals surface area contributed by atoms with Crippen LogP contribution in [0.5, 0.6) is 5.75 Å². The zero-order valence-corrected chi connectivity index (χ0v) is 13.7. The Balaban J connectivity index is 1.83. The molecule has 0 aliphatic rings. The highest BCUT2D eigenvalue weighted by Gasteiger charge is 2.04. The van der Waals surface area contributed by atoms with E-state index >= 15 is 0 Å². The van der Waals surface area contributed by atoms with Crippen molar-refractivity contribution in [3.8, 4) is 5.75 Å². The number of aryl methyl sites for hydroxylation is 1. The number of benzene rings is 1. The van der Waals surface area contributed by atoms with Gasteiger partial charge in [0.05, 0.1) is 19.3 Å². The summed E-state index contributed by atoms with van der Waals surface area (Å²) in [5.41, 5.74) is 7.39. The maximum Gasteiger partial charge on any atom is 0.227 e. The number of rotatable bonds is 6. The lowest BCUT2D eigenvalue weighted by atomic mass is 10.3. The fraction of sp³-hybridized carbons (Fsp3) is 0.235. The molecule has 4 N–H and O–H groups in total. The zero-order chi connectivity index (χ0) is 17.4. The van der Waals surface area contributed by atoms with Gasteiger partial charge in [-0.2, -0.15) is 0 Å². The van der Waals surface area contributed by atoms with Crippen LogP contribution >= 0.6 is 0 Å². The second-order valence-corrected chi connectivity index (χ2v) is 5.05. The molecule has 0 aliphatic carbocycles. The summed E-state index contributed by atoms with van der Waals surface area (Å²) in [6.45, 7) is 2.13. The van der Waals surface area contributed by atoms with Crippen LogP contribution in [0.15, 0.2) is 47.5 Å². The first-order valence-electron chi connectivity index (χ1n) is 7.52. The number of anilines is 2. The SMILES string of the molecule is COc1ccccc1NC(N)=NCCC(=O)Nc1cccc(C)n1. The summed E-state index contributed by atoms with van der Waals surface area (Å²) < 4.78 is 5.22. The van der Waals surface area contributed by atoms with Crippen molar-refractivity contribution in [1.29, 1.82) is 0 Å². The van der Waals surface area contributed by atoms with E-state index in [0.717, 1.165) is 11.4 Å². The first-order chi connectivity index (χ1) is 11.6. The van der Waals surface area contributed by atoms with Crippen LogP contribution in [0.3, 0.4) is 0 Å². The molecule has 0 spiro atoms. The Kier molecular flexibility index (Phi) is 6.13. The summed E-state index contributed by atoms with van der Waals surface area (Å²) >= 11 is 0. The molecular formula is C17H21N5O2. The van der Waals surface area contributed by atoms with Gasteiger partial charge in [-0.05, 0) is 31.2 Å². The molecule has 0 unspecified atom stereocenters. The third kappa shape index (κ3) is 5.28. The number of amides is 1. The first-order valence-corrected chi connectivity index (χ1v) is 7.52. The van der Waals surface area contributed by atoms with E-state index in [1.807, 2.05) is 43.3 Å². The molecule has 0 fully saturated rings. The molecule has 7 heteroatoms. The number of nitrogens with two attached hydrogens (primary N) is 1. The lowest BCUT2D eigenvalue weighted by Crippen LogP contribution is -2.24. The molecule has 1 amide bonds. The number of aromatic nitrogens is 1. The number of methoxy groups -OCH3 is 1. The number of nitrogens with zero attached hydrogens (tertiary/aromatic N) is 2. The predicted octanol–water partition coefficient (Wildman–Crippen LogP) is 2.15. The molecule has 1 aromatic heterocycles. The Hall–Kier alpha value is -3.09. The normalized spacial score (nSPS) is 11.0. The van der Waals surface area contributed by atoms with Crippen LogP contribution in [0.1, 0.15) is 12.1 Å². The van der Waals surface area contributed by atoms with Gasteiger partial charge in [0.25, 0.3) is 0 Å². The maximum absolute atomic E-state index is 11.9. The Bertz CT molecular complexity index is 730. The number of nitrogens with one attached hydrogen (secondary N) is 2. The topological polar surface area (TPSA) is 102 Å². The van der Waals surface area contributed by atoms with Gasteiger partial charge in [-0.25, -0.2) is 4.98 Å². The maximum atomic E-state index is 11.9. The quantitative estimate of drug-likeness (QED) is 0.557. The van der Waals surface area contributed by atoms with E-state index in [9.17, 15) is 4.79 Å². The van der Waals surface area contributed by atoms with Gasteiger partial charge in [0.2, 0.25) is 5.91 Å². The monoisotopic (exact) mass is 327 g/mol. The summed E-state index contributed by atoms with van der Waals surface area (Å²) in [6.07, 6.45) is 0.212. The van der Waals surface area contributed by atoms with Gasteiger partial charge in [-0.1, -0.05) is 18.2 Å². The number of hydrogen-bond acceptors (Lipinski definition) is 4. The standard InChI is InChI=1S/C17H21N5O2/c1-12-6-5-9-15(20-12)22-16(23)10-11-19-17(18)21-13-7-3-4-8-14(13)24-2/h3-9H,10-11H2,1-2H3,(H3,18,19,21)(H,20,22,23). The summed E-state index contributed by atoms with van der Waals surface area (Å²) in [4.78, 5) is 20.2. The number of aliphatic imine (C=N–C) groups is 1. The lowest BCUT2D eigenvalue weighted by Gasteiger charge is -2.10. The van der Waals surface area contributed by atoms with Gasteiger partial charge >= 0.3 is 0 Å². The number of carbonyl (C=O) groups excluding carboxylic acids is 1. The Morgan fingerprint density at radius 3 is 2.75 bits per heavy atom. The van der Waals surface area contributed by atoms with Crippen LogP contribution in [0, 0.1) is 6.92 Å². The summed E-state index contributed by atoms with van der Waals surface area (Å²) in [6, 6.07) is 12.8. The van der Waals surface area contributed by atoms with Crippen molar-refractivity contribution in [1.82, 2.24) is 4.98 Å². The molecular weight excluding hydrogens is 306 g/mol. The largest absolute Gasteiger partial charge is 0.495 e. The molecule has 126 valence electrons. The van der Waals surface area contributed by atoms with Crippen molar-refractivity contribution in [2.24, 2.45) is 10.7 Å². The Morgan fingerprint density at radius 2 is 2.00 bits per heavy atom. The van der Waals surface area contributed by atoms with Gasteiger partial charge < -0.3 is 21.1 Å². The fourth-order valence-corrected chi connectivity index (χ4v) is 2.02. The number of guanidine groups is 1.